The molecule has 3 heteroatoms. The van der Waals surface area contributed by atoms with Crippen molar-refractivity contribution in [1.82, 2.24) is 0 Å². The van der Waals surface area contributed by atoms with Crippen molar-refractivity contribution in [3.05, 3.63) is 59.7 Å². The maximum atomic E-state index is 12.1. The van der Waals surface area contributed by atoms with Crippen molar-refractivity contribution in [3.8, 4) is 5.75 Å². The van der Waals surface area contributed by atoms with E-state index in [-0.39, 0.29) is 17.6 Å². The molecule has 1 unspecified atom stereocenters. The topological polar surface area (TPSA) is 49.3 Å². The molecule has 0 spiro atoms. The van der Waals surface area contributed by atoms with Crippen LogP contribution in [0.15, 0.2) is 48.5 Å². The fraction of sp³-hybridized carbons (Fsp3) is 0.133. The second-order valence-corrected chi connectivity index (χ2v) is 4.46. The molecule has 18 heavy (non-hydrogen) atoms. The van der Waals surface area contributed by atoms with E-state index < -0.39 is 0 Å². The third-order valence-corrected chi connectivity index (χ3v) is 3.22. The molecule has 0 aliphatic carbocycles. The van der Waals surface area contributed by atoms with Gasteiger partial charge in [-0.15, -0.1) is 0 Å². The van der Waals surface area contributed by atoms with Crippen molar-refractivity contribution < 1.29 is 9.90 Å². The summed E-state index contributed by atoms with van der Waals surface area (Å²) >= 11 is 0. The van der Waals surface area contributed by atoms with Crippen molar-refractivity contribution in [2.45, 2.75) is 12.5 Å². The molecule has 1 aliphatic rings. The molecule has 3 rings (SSSR count). The molecular formula is C15H13NO2. The Labute approximate surface area is 105 Å². The summed E-state index contributed by atoms with van der Waals surface area (Å²) in [6, 6.07) is 14.5. The molecule has 0 fully saturated rings. The van der Waals surface area contributed by atoms with Gasteiger partial charge in [0.2, 0.25) is 0 Å². The predicted molar refractivity (Wildman–Crippen MR) is 69.9 cm³/mol. The van der Waals surface area contributed by atoms with E-state index in [1.807, 2.05) is 30.3 Å². The van der Waals surface area contributed by atoms with Gasteiger partial charge in [0.15, 0.2) is 5.78 Å². The maximum Gasteiger partial charge on any atom is 0.167 e. The molecule has 2 N–H and O–H groups in total. The summed E-state index contributed by atoms with van der Waals surface area (Å²) in [6.45, 7) is 0. The first kappa shape index (κ1) is 10.8. The van der Waals surface area contributed by atoms with Crippen LogP contribution in [0.5, 0.6) is 5.75 Å². The highest BCUT2D eigenvalue weighted by molar-refractivity contribution is 6.03. The summed E-state index contributed by atoms with van der Waals surface area (Å²) in [6.07, 6.45) is 0.417. The number of phenolic OH excluding ortho intramolecular Hbond substituents is 1. The van der Waals surface area contributed by atoms with Crippen LogP contribution >= 0.6 is 0 Å². The summed E-state index contributed by atoms with van der Waals surface area (Å²) in [7, 11) is 0. The highest BCUT2D eigenvalue weighted by atomic mass is 16.3. The first-order valence-corrected chi connectivity index (χ1v) is 5.92. The average Bonchev–Trinajstić information content (AvgIpc) is 2.39. The Morgan fingerprint density at radius 3 is 2.78 bits per heavy atom. The standard InChI is InChI=1S/C15H13NO2/c17-11-5-3-4-10(8-11)14-9-15(18)12-6-1-2-7-13(12)16-14/h1-8,14,16-17H,9H2. The molecule has 0 radical (unpaired) electrons. The van der Waals surface area contributed by atoms with Crippen LogP contribution in [0.4, 0.5) is 5.69 Å². The van der Waals surface area contributed by atoms with Gasteiger partial charge >= 0.3 is 0 Å². The van der Waals surface area contributed by atoms with Crippen LogP contribution in [0.25, 0.3) is 0 Å². The van der Waals surface area contributed by atoms with E-state index in [1.165, 1.54) is 0 Å². The number of rotatable bonds is 1. The molecular weight excluding hydrogens is 226 g/mol. The number of ketones is 1. The minimum Gasteiger partial charge on any atom is -0.508 e. The fourth-order valence-electron chi connectivity index (χ4n) is 2.33. The lowest BCUT2D eigenvalue weighted by Gasteiger charge is -2.26. The number of Topliss-reactive ketones (excluding diaryl/α,β-unsaturated/α-hetero) is 1. The number of phenols is 1. The summed E-state index contributed by atoms with van der Waals surface area (Å²) < 4.78 is 0. The van der Waals surface area contributed by atoms with Crippen molar-refractivity contribution >= 4 is 11.5 Å². The summed E-state index contributed by atoms with van der Waals surface area (Å²) in [5, 5.41) is 12.8. The van der Waals surface area contributed by atoms with Crippen LogP contribution in [0.2, 0.25) is 0 Å². The van der Waals surface area contributed by atoms with Gasteiger partial charge < -0.3 is 10.4 Å². The predicted octanol–water partition coefficient (Wildman–Crippen LogP) is 3.13. The SMILES string of the molecule is O=C1CC(c2cccc(O)c2)Nc2ccccc21. The van der Waals surface area contributed by atoms with Gasteiger partial charge in [-0.2, -0.15) is 0 Å². The zero-order chi connectivity index (χ0) is 12.5. The molecule has 1 aliphatic heterocycles. The molecule has 1 heterocycles. The second kappa shape index (κ2) is 4.18. The number of anilines is 1. The third kappa shape index (κ3) is 1.84. The molecule has 90 valence electrons. The molecule has 1 atom stereocenters. The van der Waals surface area contributed by atoms with Crippen LogP contribution in [-0.2, 0) is 0 Å². The van der Waals surface area contributed by atoms with Gasteiger partial charge in [0.25, 0.3) is 0 Å². The Hall–Kier alpha value is -2.29. The second-order valence-electron chi connectivity index (χ2n) is 4.46. The van der Waals surface area contributed by atoms with E-state index in [4.69, 9.17) is 0 Å². The third-order valence-electron chi connectivity index (χ3n) is 3.22. The van der Waals surface area contributed by atoms with E-state index in [0.29, 0.717) is 6.42 Å². The number of hydrogen-bond donors (Lipinski definition) is 2. The Balaban J connectivity index is 1.97. The number of fused-ring (bicyclic) bond motifs is 1. The minimum atomic E-state index is -0.0699. The molecule has 0 saturated heterocycles. The van der Waals surface area contributed by atoms with E-state index in [1.54, 1.807) is 18.2 Å². The quantitative estimate of drug-likeness (QED) is 0.803. The first-order valence-electron chi connectivity index (χ1n) is 5.92. The van der Waals surface area contributed by atoms with Crippen molar-refractivity contribution in [3.63, 3.8) is 0 Å². The number of hydrogen-bond acceptors (Lipinski definition) is 3. The highest BCUT2D eigenvalue weighted by Gasteiger charge is 2.25. The lowest BCUT2D eigenvalue weighted by Crippen LogP contribution is -2.22. The largest absolute Gasteiger partial charge is 0.508 e. The van der Waals surface area contributed by atoms with E-state index in [2.05, 4.69) is 5.32 Å². The smallest absolute Gasteiger partial charge is 0.167 e. The number of para-hydroxylation sites is 1. The van der Waals surface area contributed by atoms with Crippen molar-refractivity contribution in [2.75, 3.05) is 5.32 Å². The molecule has 0 aromatic heterocycles. The monoisotopic (exact) mass is 239 g/mol. The lowest BCUT2D eigenvalue weighted by molar-refractivity contribution is 0.0972. The Morgan fingerprint density at radius 1 is 1.11 bits per heavy atom. The molecule has 3 nitrogen and oxygen atoms in total. The highest BCUT2D eigenvalue weighted by Crippen LogP contribution is 2.33. The number of aromatic hydroxyl groups is 1. The summed E-state index contributed by atoms with van der Waals surface area (Å²) in [5.41, 5.74) is 2.54. The molecule has 2 aromatic carbocycles. The van der Waals surface area contributed by atoms with Gasteiger partial charge in [0.05, 0.1) is 6.04 Å². The number of nitrogens with one attached hydrogen (secondary N) is 1. The fourth-order valence-corrected chi connectivity index (χ4v) is 2.33. The Morgan fingerprint density at radius 2 is 1.94 bits per heavy atom. The Bertz CT molecular complexity index is 607. The Kier molecular flexibility index (Phi) is 2.52. The minimum absolute atomic E-state index is 0.0699. The summed E-state index contributed by atoms with van der Waals surface area (Å²) in [5.74, 6) is 0.360. The molecule has 0 bridgehead atoms. The van der Waals surface area contributed by atoms with Gasteiger partial charge in [-0.05, 0) is 29.8 Å². The van der Waals surface area contributed by atoms with Crippen LogP contribution in [0, 0.1) is 0 Å². The van der Waals surface area contributed by atoms with E-state index in [0.717, 1.165) is 16.8 Å². The normalized spacial score (nSPS) is 18.0. The molecule has 2 aromatic rings. The van der Waals surface area contributed by atoms with Crippen molar-refractivity contribution in [1.29, 1.82) is 0 Å². The van der Waals surface area contributed by atoms with E-state index in [9.17, 15) is 9.90 Å². The van der Waals surface area contributed by atoms with Crippen molar-refractivity contribution in [2.24, 2.45) is 0 Å². The maximum absolute atomic E-state index is 12.1. The van der Waals surface area contributed by atoms with Crippen LogP contribution in [0.1, 0.15) is 28.4 Å². The van der Waals surface area contributed by atoms with Gasteiger partial charge in [0.1, 0.15) is 5.75 Å². The lowest BCUT2D eigenvalue weighted by atomic mass is 9.92. The zero-order valence-electron chi connectivity index (χ0n) is 9.76. The summed E-state index contributed by atoms with van der Waals surface area (Å²) in [4.78, 5) is 12.1. The van der Waals surface area contributed by atoms with Gasteiger partial charge in [-0.3, -0.25) is 4.79 Å². The zero-order valence-corrected chi connectivity index (χ0v) is 9.76. The van der Waals surface area contributed by atoms with Crippen LogP contribution < -0.4 is 5.32 Å². The van der Waals surface area contributed by atoms with Crippen LogP contribution in [-0.4, -0.2) is 10.9 Å². The first-order chi connectivity index (χ1) is 8.74. The van der Waals surface area contributed by atoms with Crippen LogP contribution in [0.3, 0.4) is 0 Å². The van der Waals surface area contributed by atoms with E-state index >= 15 is 0 Å². The molecule has 0 amide bonds. The number of benzene rings is 2. The van der Waals surface area contributed by atoms with Gasteiger partial charge in [-0.25, -0.2) is 0 Å². The number of carbonyl (C=O) groups excluding carboxylic acids is 1. The number of carbonyl (C=O) groups is 1. The molecule has 0 saturated carbocycles. The van der Waals surface area contributed by atoms with Gasteiger partial charge in [0, 0.05) is 17.7 Å². The van der Waals surface area contributed by atoms with Gasteiger partial charge in [-0.1, -0.05) is 24.3 Å². The average molecular weight is 239 g/mol.